The Balaban J connectivity index is 1.42. The van der Waals surface area contributed by atoms with Crippen molar-refractivity contribution in [1.82, 2.24) is 4.98 Å². The third-order valence-electron chi connectivity index (χ3n) is 7.59. The van der Waals surface area contributed by atoms with Crippen LogP contribution in [0.25, 0.3) is 22.3 Å². The summed E-state index contributed by atoms with van der Waals surface area (Å²) in [5.41, 5.74) is 9.74. The third-order valence-corrected chi connectivity index (χ3v) is 7.59. The summed E-state index contributed by atoms with van der Waals surface area (Å²) in [5, 5.41) is 0. The van der Waals surface area contributed by atoms with Crippen molar-refractivity contribution in [3.05, 3.63) is 115 Å². The highest BCUT2D eigenvalue weighted by atomic mass is 15.1. The number of hydrogen-bond acceptors (Lipinski definition) is 3. The van der Waals surface area contributed by atoms with E-state index in [1.165, 1.54) is 71.4 Å². The van der Waals surface area contributed by atoms with Gasteiger partial charge in [-0.1, -0.05) is 80.4 Å². The molecule has 3 nitrogen and oxygen atoms in total. The standard InChI is InChI=1S/C34H37N3/c1-26(28-9-5-4-6-10-28)37(34-13-7-11-31(23-34)32-12-8-22-35-24-32)25-27-14-16-29(17-15-27)30-18-20-33(21-19-30)36(2)3/h7-8,11-24,28H,1,4-6,9-10,25H2,2-3H3. The van der Waals surface area contributed by atoms with E-state index in [9.17, 15) is 0 Å². The van der Waals surface area contributed by atoms with E-state index in [0.29, 0.717) is 5.92 Å². The van der Waals surface area contributed by atoms with Crippen LogP contribution in [-0.4, -0.2) is 19.1 Å². The zero-order valence-electron chi connectivity index (χ0n) is 22.1. The monoisotopic (exact) mass is 487 g/mol. The van der Waals surface area contributed by atoms with Crippen molar-refractivity contribution in [3.8, 4) is 22.3 Å². The highest BCUT2D eigenvalue weighted by molar-refractivity contribution is 5.70. The minimum atomic E-state index is 0.547. The highest BCUT2D eigenvalue weighted by Crippen LogP contribution is 2.35. The molecule has 0 N–H and O–H groups in total. The van der Waals surface area contributed by atoms with Crippen LogP contribution < -0.4 is 9.80 Å². The van der Waals surface area contributed by atoms with Crippen LogP contribution in [0.4, 0.5) is 11.4 Å². The Labute approximate surface area is 222 Å². The molecule has 1 aromatic heterocycles. The molecular weight excluding hydrogens is 450 g/mol. The first kappa shape index (κ1) is 24.8. The van der Waals surface area contributed by atoms with Crippen LogP contribution >= 0.6 is 0 Å². The van der Waals surface area contributed by atoms with Crippen molar-refractivity contribution in [1.29, 1.82) is 0 Å². The molecule has 0 radical (unpaired) electrons. The number of allylic oxidation sites excluding steroid dienone is 1. The molecule has 0 unspecified atom stereocenters. The van der Waals surface area contributed by atoms with Crippen molar-refractivity contribution in [2.75, 3.05) is 23.9 Å². The molecular formula is C34H37N3. The van der Waals surface area contributed by atoms with E-state index >= 15 is 0 Å². The van der Waals surface area contributed by atoms with Gasteiger partial charge >= 0.3 is 0 Å². The van der Waals surface area contributed by atoms with Gasteiger partial charge in [-0.3, -0.25) is 4.98 Å². The second kappa shape index (κ2) is 11.5. The van der Waals surface area contributed by atoms with Crippen LogP contribution in [0.2, 0.25) is 0 Å². The summed E-state index contributed by atoms with van der Waals surface area (Å²) in [6.45, 7) is 5.46. The lowest BCUT2D eigenvalue weighted by atomic mass is 9.86. The Morgan fingerprint density at radius 3 is 2.08 bits per heavy atom. The highest BCUT2D eigenvalue weighted by Gasteiger charge is 2.22. The van der Waals surface area contributed by atoms with Crippen LogP contribution in [-0.2, 0) is 6.54 Å². The van der Waals surface area contributed by atoms with Crippen LogP contribution in [0.3, 0.4) is 0 Å². The fourth-order valence-corrected chi connectivity index (χ4v) is 5.34. The van der Waals surface area contributed by atoms with Crippen molar-refractivity contribution >= 4 is 11.4 Å². The zero-order valence-corrected chi connectivity index (χ0v) is 22.1. The molecule has 188 valence electrons. The predicted molar refractivity (Wildman–Crippen MR) is 158 cm³/mol. The van der Waals surface area contributed by atoms with E-state index in [0.717, 1.165) is 12.1 Å². The first-order valence-electron chi connectivity index (χ1n) is 13.4. The van der Waals surface area contributed by atoms with E-state index in [4.69, 9.17) is 0 Å². The molecule has 0 saturated heterocycles. The molecule has 1 heterocycles. The lowest BCUT2D eigenvalue weighted by molar-refractivity contribution is 0.396. The number of rotatable bonds is 8. The molecule has 0 amide bonds. The number of pyridine rings is 1. The van der Waals surface area contributed by atoms with E-state index in [1.807, 2.05) is 18.5 Å². The normalized spacial score (nSPS) is 13.8. The van der Waals surface area contributed by atoms with Crippen LogP contribution in [0.5, 0.6) is 0 Å². The molecule has 1 fully saturated rings. The van der Waals surface area contributed by atoms with Gasteiger partial charge in [-0.15, -0.1) is 0 Å². The first-order valence-corrected chi connectivity index (χ1v) is 13.4. The smallest absolute Gasteiger partial charge is 0.0478 e. The van der Waals surface area contributed by atoms with Crippen LogP contribution in [0.15, 0.2) is 110 Å². The predicted octanol–water partition coefficient (Wildman–Crippen LogP) is 8.58. The average molecular weight is 488 g/mol. The number of benzene rings is 3. The van der Waals surface area contributed by atoms with E-state index in [1.54, 1.807) is 0 Å². The summed E-state index contributed by atoms with van der Waals surface area (Å²) in [6, 6.07) is 30.7. The van der Waals surface area contributed by atoms with Gasteiger partial charge in [0.1, 0.15) is 0 Å². The summed E-state index contributed by atoms with van der Waals surface area (Å²) >= 11 is 0. The van der Waals surface area contributed by atoms with Gasteiger partial charge in [0.25, 0.3) is 0 Å². The maximum Gasteiger partial charge on any atom is 0.0478 e. The van der Waals surface area contributed by atoms with Crippen LogP contribution in [0.1, 0.15) is 37.7 Å². The molecule has 37 heavy (non-hydrogen) atoms. The summed E-state index contributed by atoms with van der Waals surface area (Å²) in [4.78, 5) is 8.89. The summed E-state index contributed by atoms with van der Waals surface area (Å²) in [5.74, 6) is 0.547. The van der Waals surface area contributed by atoms with Gasteiger partial charge in [0.05, 0.1) is 0 Å². The number of nitrogens with zero attached hydrogens (tertiary/aromatic N) is 3. The second-order valence-electron chi connectivity index (χ2n) is 10.3. The molecule has 0 bridgehead atoms. The lowest BCUT2D eigenvalue weighted by Crippen LogP contribution is -2.27. The minimum Gasteiger partial charge on any atom is -0.378 e. The summed E-state index contributed by atoms with van der Waals surface area (Å²) in [7, 11) is 4.15. The Hall–Kier alpha value is -3.85. The topological polar surface area (TPSA) is 19.4 Å². The molecule has 1 aliphatic carbocycles. The molecule has 3 aromatic carbocycles. The Bertz CT molecular complexity index is 1300. The maximum absolute atomic E-state index is 4.65. The van der Waals surface area contributed by atoms with Gasteiger partial charge in [0, 0.05) is 55.7 Å². The number of anilines is 2. The van der Waals surface area contributed by atoms with Gasteiger partial charge < -0.3 is 9.80 Å². The SMILES string of the molecule is C=C(C1CCCCC1)N(Cc1ccc(-c2ccc(N(C)C)cc2)cc1)c1cccc(-c2cccnc2)c1. The molecule has 1 aliphatic rings. The molecule has 1 saturated carbocycles. The quantitative estimate of drug-likeness (QED) is 0.248. The van der Waals surface area contributed by atoms with Crippen LogP contribution in [0, 0.1) is 5.92 Å². The van der Waals surface area contributed by atoms with Crippen molar-refractivity contribution in [2.24, 2.45) is 5.92 Å². The Morgan fingerprint density at radius 1 is 0.757 bits per heavy atom. The zero-order chi connectivity index (χ0) is 25.6. The van der Waals surface area contributed by atoms with E-state index in [2.05, 4.69) is 114 Å². The third kappa shape index (κ3) is 5.94. The lowest BCUT2D eigenvalue weighted by Gasteiger charge is -2.34. The largest absolute Gasteiger partial charge is 0.378 e. The fraction of sp³-hybridized carbons (Fsp3) is 0.265. The molecule has 3 heteroatoms. The first-order chi connectivity index (χ1) is 18.1. The molecule has 0 atom stereocenters. The molecule has 5 rings (SSSR count). The van der Waals surface area contributed by atoms with Crippen molar-refractivity contribution in [3.63, 3.8) is 0 Å². The fourth-order valence-electron chi connectivity index (χ4n) is 5.34. The van der Waals surface area contributed by atoms with Gasteiger partial charge in [-0.25, -0.2) is 0 Å². The summed E-state index contributed by atoms with van der Waals surface area (Å²) in [6.07, 6.45) is 10.2. The maximum atomic E-state index is 4.65. The number of aromatic nitrogens is 1. The molecule has 4 aromatic rings. The van der Waals surface area contributed by atoms with E-state index < -0.39 is 0 Å². The second-order valence-corrected chi connectivity index (χ2v) is 10.3. The Morgan fingerprint density at radius 2 is 1.43 bits per heavy atom. The summed E-state index contributed by atoms with van der Waals surface area (Å²) < 4.78 is 0. The molecule has 0 spiro atoms. The van der Waals surface area contributed by atoms with Gasteiger partial charge in [0.15, 0.2) is 0 Å². The van der Waals surface area contributed by atoms with Gasteiger partial charge in [-0.05, 0) is 71.3 Å². The minimum absolute atomic E-state index is 0.547. The number of hydrogen-bond donors (Lipinski definition) is 0. The average Bonchev–Trinajstić information content (AvgIpc) is 2.97. The van der Waals surface area contributed by atoms with Crippen molar-refractivity contribution < 1.29 is 0 Å². The van der Waals surface area contributed by atoms with Gasteiger partial charge in [0.2, 0.25) is 0 Å². The van der Waals surface area contributed by atoms with Gasteiger partial charge in [-0.2, -0.15) is 0 Å². The Kier molecular flexibility index (Phi) is 7.70. The van der Waals surface area contributed by atoms with Crippen molar-refractivity contribution in [2.45, 2.75) is 38.6 Å². The van der Waals surface area contributed by atoms with E-state index in [-0.39, 0.29) is 0 Å². The molecule has 0 aliphatic heterocycles.